The van der Waals surface area contributed by atoms with Crippen LogP contribution in [0.3, 0.4) is 0 Å². The van der Waals surface area contributed by atoms with Crippen LogP contribution in [0.5, 0.6) is 0 Å². The molecule has 1 aromatic rings. The summed E-state index contributed by atoms with van der Waals surface area (Å²) in [5, 5.41) is 3.43. The third kappa shape index (κ3) is 3.64. The van der Waals surface area contributed by atoms with Gasteiger partial charge in [0.1, 0.15) is 0 Å². The van der Waals surface area contributed by atoms with E-state index in [2.05, 4.69) is 59.0 Å². The van der Waals surface area contributed by atoms with Gasteiger partial charge in [-0.15, -0.1) is 6.58 Å². The molecule has 0 radical (unpaired) electrons. The number of halogens is 1. The topological polar surface area (TPSA) is 12.0 Å². The van der Waals surface area contributed by atoms with Crippen molar-refractivity contribution >= 4 is 15.9 Å². The van der Waals surface area contributed by atoms with E-state index in [1.165, 1.54) is 5.56 Å². The molecule has 0 amide bonds. The molecule has 0 aliphatic carbocycles. The molecule has 1 nitrogen and oxygen atoms in total. The highest BCUT2D eigenvalue weighted by molar-refractivity contribution is 9.10. The Hall–Kier alpha value is -0.600. The first-order valence-electron chi connectivity index (χ1n) is 4.84. The molecule has 14 heavy (non-hydrogen) atoms. The van der Waals surface area contributed by atoms with Crippen molar-refractivity contribution in [1.29, 1.82) is 0 Å². The molecule has 0 aliphatic rings. The molecule has 1 aromatic carbocycles. The zero-order chi connectivity index (χ0) is 10.4. The van der Waals surface area contributed by atoms with Crippen molar-refractivity contribution in [3.8, 4) is 0 Å². The summed E-state index contributed by atoms with van der Waals surface area (Å²) in [6, 6.07) is 8.82. The van der Waals surface area contributed by atoms with Gasteiger partial charge in [0.25, 0.3) is 0 Å². The standard InChI is InChI=1S/C12H16BrN/c1-3-4-9-14-10(2)11-5-7-12(13)8-6-11/h3,5-8,10,14H,1,4,9H2,2H3/t10-/m1/s1. The molecular formula is C12H16BrN. The van der Waals surface area contributed by atoms with Gasteiger partial charge in [-0.2, -0.15) is 0 Å². The second kappa shape index (κ2) is 5.99. The van der Waals surface area contributed by atoms with Crippen LogP contribution in [0.15, 0.2) is 41.4 Å². The Bertz CT molecular complexity index is 279. The first kappa shape index (κ1) is 11.5. The molecule has 0 saturated carbocycles. The lowest BCUT2D eigenvalue weighted by molar-refractivity contribution is 0.581. The molecule has 0 aromatic heterocycles. The van der Waals surface area contributed by atoms with Gasteiger partial charge in [-0.05, 0) is 37.6 Å². The smallest absolute Gasteiger partial charge is 0.0291 e. The van der Waals surface area contributed by atoms with Crippen LogP contribution in [-0.2, 0) is 0 Å². The van der Waals surface area contributed by atoms with Gasteiger partial charge < -0.3 is 5.32 Å². The van der Waals surface area contributed by atoms with Crippen molar-refractivity contribution in [2.45, 2.75) is 19.4 Å². The van der Waals surface area contributed by atoms with Crippen LogP contribution >= 0.6 is 15.9 Å². The van der Waals surface area contributed by atoms with Gasteiger partial charge in [-0.3, -0.25) is 0 Å². The number of nitrogens with one attached hydrogen (secondary N) is 1. The molecule has 76 valence electrons. The van der Waals surface area contributed by atoms with Gasteiger partial charge in [-0.25, -0.2) is 0 Å². The van der Waals surface area contributed by atoms with Crippen molar-refractivity contribution in [3.05, 3.63) is 47.0 Å². The molecule has 1 atom stereocenters. The fourth-order valence-corrected chi connectivity index (χ4v) is 1.54. The first-order chi connectivity index (χ1) is 6.74. The Morgan fingerprint density at radius 1 is 1.43 bits per heavy atom. The molecule has 0 unspecified atom stereocenters. The largest absolute Gasteiger partial charge is 0.310 e. The normalized spacial score (nSPS) is 12.4. The lowest BCUT2D eigenvalue weighted by Gasteiger charge is -2.13. The zero-order valence-electron chi connectivity index (χ0n) is 8.46. The van der Waals surface area contributed by atoms with E-state index in [9.17, 15) is 0 Å². The van der Waals surface area contributed by atoms with Gasteiger partial charge in [0, 0.05) is 10.5 Å². The monoisotopic (exact) mass is 253 g/mol. The predicted molar refractivity (Wildman–Crippen MR) is 65.4 cm³/mol. The molecule has 0 heterocycles. The summed E-state index contributed by atoms with van der Waals surface area (Å²) >= 11 is 3.42. The molecule has 0 aliphatic heterocycles. The fraction of sp³-hybridized carbons (Fsp3) is 0.333. The minimum Gasteiger partial charge on any atom is -0.310 e. The maximum absolute atomic E-state index is 3.70. The van der Waals surface area contributed by atoms with Crippen LogP contribution in [0.1, 0.15) is 24.9 Å². The number of benzene rings is 1. The molecule has 0 bridgehead atoms. The van der Waals surface area contributed by atoms with E-state index < -0.39 is 0 Å². The highest BCUT2D eigenvalue weighted by Crippen LogP contribution is 2.16. The Morgan fingerprint density at radius 3 is 2.64 bits per heavy atom. The van der Waals surface area contributed by atoms with Crippen molar-refractivity contribution in [2.24, 2.45) is 0 Å². The van der Waals surface area contributed by atoms with Crippen LogP contribution in [0.2, 0.25) is 0 Å². The van der Waals surface area contributed by atoms with Crippen molar-refractivity contribution in [3.63, 3.8) is 0 Å². The summed E-state index contributed by atoms with van der Waals surface area (Å²) in [6.45, 7) is 6.86. The molecule has 1 rings (SSSR count). The highest BCUT2D eigenvalue weighted by Gasteiger charge is 2.02. The molecule has 1 N–H and O–H groups in total. The Balaban J connectivity index is 2.47. The minimum atomic E-state index is 0.406. The Kier molecular flexibility index (Phi) is 4.91. The molecular weight excluding hydrogens is 238 g/mol. The molecule has 2 heteroatoms. The van der Waals surface area contributed by atoms with Gasteiger partial charge in [0.2, 0.25) is 0 Å². The third-order valence-electron chi connectivity index (χ3n) is 2.17. The molecule has 0 spiro atoms. The van der Waals surface area contributed by atoms with Crippen molar-refractivity contribution in [1.82, 2.24) is 5.32 Å². The second-order valence-electron chi connectivity index (χ2n) is 3.30. The molecule has 0 fully saturated rings. The second-order valence-corrected chi connectivity index (χ2v) is 4.22. The zero-order valence-corrected chi connectivity index (χ0v) is 10.0. The summed E-state index contributed by atoms with van der Waals surface area (Å²) < 4.78 is 1.12. The molecule has 0 saturated heterocycles. The fourth-order valence-electron chi connectivity index (χ4n) is 1.27. The minimum absolute atomic E-state index is 0.406. The average Bonchev–Trinajstić information content (AvgIpc) is 2.19. The maximum atomic E-state index is 3.70. The highest BCUT2D eigenvalue weighted by atomic mass is 79.9. The Labute approximate surface area is 94.3 Å². The summed E-state index contributed by atoms with van der Waals surface area (Å²) in [6.07, 6.45) is 2.95. The van der Waals surface area contributed by atoms with Gasteiger partial charge in [-0.1, -0.05) is 34.1 Å². The van der Waals surface area contributed by atoms with E-state index in [1.54, 1.807) is 0 Å². The lowest BCUT2D eigenvalue weighted by atomic mass is 10.1. The number of rotatable bonds is 5. The van der Waals surface area contributed by atoms with Crippen molar-refractivity contribution in [2.75, 3.05) is 6.54 Å². The van der Waals surface area contributed by atoms with Gasteiger partial charge in [0.15, 0.2) is 0 Å². The lowest BCUT2D eigenvalue weighted by Crippen LogP contribution is -2.19. The third-order valence-corrected chi connectivity index (χ3v) is 2.70. The van der Waals surface area contributed by atoms with Crippen LogP contribution < -0.4 is 5.32 Å². The van der Waals surface area contributed by atoms with E-state index in [0.717, 1.165) is 17.4 Å². The average molecular weight is 254 g/mol. The van der Waals surface area contributed by atoms with Crippen LogP contribution in [0, 0.1) is 0 Å². The van der Waals surface area contributed by atoms with Crippen molar-refractivity contribution < 1.29 is 0 Å². The van der Waals surface area contributed by atoms with Crippen LogP contribution in [0.4, 0.5) is 0 Å². The van der Waals surface area contributed by atoms with E-state index in [4.69, 9.17) is 0 Å². The van der Waals surface area contributed by atoms with Gasteiger partial charge in [0.05, 0.1) is 0 Å². The van der Waals surface area contributed by atoms with E-state index in [-0.39, 0.29) is 0 Å². The summed E-state index contributed by atoms with van der Waals surface area (Å²) in [5.74, 6) is 0. The van der Waals surface area contributed by atoms with Crippen LogP contribution in [0.25, 0.3) is 0 Å². The van der Waals surface area contributed by atoms with Gasteiger partial charge >= 0.3 is 0 Å². The number of hydrogen-bond donors (Lipinski definition) is 1. The maximum Gasteiger partial charge on any atom is 0.0291 e. The van der Waals surface area contributed by atoms with E-state index in [1.807, 2.05) is 6.08 Å². The first-order valence-corrected chi connectivity index (χ1v) is 5.63. The number of hydrogen-bond acceptors (Lipinski definition) is 1. The Morgan fingerprint density at radius 2 is 2.07 bits per heavy atom. The SMILES string of the molecule is C=CCCN[C@H](C)c1ccc(Br)cc1. The van der Waals surface area contributed by atoms with E-state index >= 15 is 0 Å². The van der Waals surface area contributed by atoms with E-state index in [0.29, 0.717) is 6.04 Å². The summed E-state index contributed by atoms with van der Waals surface area (Å²) in [5.41, 5.74) is 1.32. The predicted octanol–water partition coefficient (Wildman–Crippen LogP) is 3.68. The quantitative estimate of drug-likeness (QED) is 0.624. The van der Waals surface area contributed by atoms with Crippen LogP contribution in [-0.4, -0.2) is 6.54 Å². The summed E-state index contributed by atoms with van der Waals surface area (Å²) in [4.78, 5) is 0. The summed E-state index contributed by atoms with van der Waals surface area (Å²) in [7, 11) is 0.